The molecule has 1 heterocycles. The Morgan fingerprint density at radius 1 is 1.06 bits per heavy atom. The average Bonchev–Trinajstić information content (AvgIpc) is 2.38. The quantitative estimate of drug-likeness (QED) is 0.813. The Kier molecular flexibility index (Phi) is 3.46. The summed E-state index contributed by atoms with van der Waals surface area (Å²) in [6.07, 6.45) is 1.64. The van der Waals surface area contributed by atoms with Gasteiger partial charge >= 0.3 is 0 Å². The SMILES string of the molecule is OCc1ccc(CNc2cccnn2)cc1. The van der Waals surface area contributed by atoms with E-state index in [4.69, 9.17) is 5.11 Å². The fourth-order valence-corrected chi connectivity index (χ4v) is 1.35. The predicted octanol–water partition coefficient (Wildman–Crippen LogP) is 1.58. The van der Waals surface area contributed by atoms with Gasteiger partial charge in [0.2, 0.25) is 0 Å². The Labute approximate surface area is 94.0 Å². The van der Waals surface area contributed by atoms with Gasteiger partial charge in [0.1, 0.15) is 5.82 Å². The third kappa shape index (κ3) is 2.77. The van der Waals surface area contributed by atoms with Crippen LogP contribution in [0.5, 0.6) is 0 Å². The molecule has 4 nitrogen and oxygen atoms in total. The summed E-state index contributed by atoms with van der Waals surface area (Å²) in [6.45, 7) is 0.780. The van der Waals surface area contributed by atoms with E-state index in [1.807, 2.05) is 36.4 Å². The summed E-state index contributed by atoms with van der Waals surface area (Å²) in [7, 11) is 0. The lowest BCUT2D eigenvalue weighted by Gasteiger charge is -2.05. The van der Waals surface area contributed by atoms with Crippen LogP contribution in [0.2, 0.25) is 0 Å². The minimum atomic E-state index is 0.0812. The van der Waals surface area contributed by atoms with Crippen LogP contribution in [0, 0.1) is 0 Å². The number of anilines is 1. The summed E-state index contributed by atoms with van der Waals surface area (Å²) in [5.74, 6) is 0.758. The number of nitrogens with one attached hydrogen (secondary N) is 1. The number of hydrogen-bond acceptors (Lipinski definition) is 4. The first-order valence-corrected chi connectivity index (χ1v) is 5.09. The van der Waals surface area contributed by atoms with Crippen molar-refractivity contribution in [3.8, 4) is 0 Å². The maximum atomic E-state index is 8.90. The van der Waals surface area contributed by atoms with E-state index in [-0.39, 0.29) is 6.61 Å². The van der Waals surface area contributed by atoms with Crippen LogP contribution in [0.4, 0.5) is 5.82 Å². The Hall–Kier alpha value is -1.94. The van der Waals surface area contributed by atoms with Gasteiger partial charge in [0, 0.05) is 12.7 Å². The maximum absolute atomic E-state index is 8.90. The van der Waals surface area contributed by atoms with Crippen LogP contribution < -0.4 is 5.32 Å². The van der Waals surface area contributed by atoms with Crippen molar-refractivity contribution < 1.29 is 5.11 Å². The van der Waals surface area contributed by atoms with Crippen molar-refractivity contribution in [2.75, 3.05) is 5.32 Å². The van der Waals surface area contributed by atoms with Crippen LogP contribution in [-0.2, 0) is 13.2 Å². The number of hydrogen-bond donors (Lipinski definition) is 2. The van der Waals surface area contributed by atoms with Crippen LogP contribution in [0.25, 0.3) is 0 Å². The van der Waals surface area contributed by atoms with Crippen LogP contribution >= 0.6 is 0 Å². The predicted molar refractivity (Wildman–Crippen MR) is 61.7 cm³/mol. The number of nitrogens with zero attached hydrogens (tertiary/aromatic N) is 2. The third-order valence-corrected chi connectivity index (χ3v) is 2.25. The molecule has 1 aromatic carbocycles. The number of benzene rings is 1. The van der Waals surface area contributed by atoms with Gasteiger partial charge < -0.3 is 10.4 Å². The van der Waals surface area contributed by atoms with Gasteiger partial charge in [0.25, 0.3) is 0 Å². The zero-order valence-electron chi connectivity index (χ0n) is 8.80. The first-order valence-electron chi connectivity index (χ1n) is 5.09. The molecule has 2 aromatic rings. The zero-order chi connectivity index (χ0) is 11.2. The van der Waals surface area contributed by atoms with Crippen LogP contribution in [0.15, 0.2) is 42.6 Å². The molecule has 16 heavy (non-hydrogen) atoms. The highest BCUT2D eigenvalue weighted by molar-refractivity contribution is 5.33. The molecule has 2 N–H and O–H groups in total. The van der Waals surface area contributed by atoms with Crippen LogP contribution in [0.3, 0.4) is 0 Å². The molecule has 0 unspecified atom stereocenters. The van der Waals surface area contributed by atoms with Gasteiger partial charge in [-0.1, -0.05) is 24.3 Å². The lowest BCUT2D eigenvalue weighted by atomic mass is 10.1. The summed E-state index contributed by atoms with van der Waals surface area (Å²) >= 11 is 0. The monoisotopic (exact) mass is 215 g/mol. The van der Waals surface area contributed by atoms with Crippen molar-refractivity contribution in [3.05, 3.63) is 53.7 Å². The maximum Gasteiger partial charge on any atom is 0.148 e. The molecule has 0 atom stereocenters. The number of aliphatic hydroxyl groups is 1. The van der Waals surface area contributed by atoms with Crippen molar-refractivity contribution in [1.29, 1.82) is 0 Å². The minimum absolute atomic E-state index is 0.0812. The topological polar surface area (TPSA) is 58.0 Å². The van der Waals surface area contributed by atoms with E-state index in [1.165, 1.54) is 0 Å². The molecule has 2 rings (SSSR count). The first kappa shape index (κ1) is 10.6. The summed E-state index contributed by atoms with van der Waals surface area (Å²) in [5, 5.41) is 19.8. The molecule has 1 aromatic heterocycles. The van der Waals surface area contributed by atoms with Crippen molar-refractivity contribution in [2.45, 2.75) is 13.2 Å². The van der Waals surface area contributed by atoms with E-state index in [0.717, 1.165) is 16.9 Å². The molecule has 0 saturated heterocycles. The number of aliphatic hydroxyl groups excluding tert-OH is 1. The Bertz CT molecular complexity index is 428. The normalized spacial score (nSPS) is 10.1. The first-order chi connectivity index (χ1) is 7.88. The van der Waals surface area contributed by atoms with E-state index in [0.29, 0.717) is 6.54 Å². The Balaban J connectivity index is 1.94. The summed E-state index contributed by atoms with van der Waals surface area (Å²) in [4.78, 5) is 0. The highest BCUT2D eigenvalue weighted by Gasteiger charge is 1.95. The highest BCUT2D eigenvalue weighted by atomic mass is 16.3. The second-order valence-electron chi connectivity index (χ2n) is 3.44. The second-order valence-corrected chi connectivity index (χ2v) is 3.44. The van der Waals surface area contributed by atoms with Crippen molar-refractivity contribution in [1.82, 2.24) is 10.2 Å². The summed E-state index contributed by atoms with van der Waals surface area (Å²) in [6, 6.07) is 11.5. The van der Waals surface area contributed by atoms with E-state index < -0.39 is 0 Å². The van der Waals surface area contributed by atoms with Crippen molar-refractivity contribution in [3.63, 3.8) is 0 Å². The summed E-state index contributed by atoms with van der Waals surface area (Å²) < 4.78 is 0. The third-order valence-electron chi connectivity index (χ3n) is 2.25. The van der Waals surface area contributed by atoms with E-state index in [2.05, 4.69) is 15.5 Å². The van der Waals surface area contributed by atoms with Gasteiger partial charge in [-0.15, -0.1) is 5.10 Å². The molecule has 0 saturated carbocycles. The van der Waals surface area contributed by atoms with Gasteiger partial charge in [-0.2, -0.15) is 5.10 Å². The molecule has 0 bridgehead atoms. The molecule has 0 aliphatic carbocycles. The van der Waals surface area contributed by atoms with Gasteiger partial charge in [0.15, 0.2) is 0 Å². The van der Waals surface area contributed by atoms with Crippen molar-refractivity contribution in [2.24, 2.45) is 0 Å². The average molecular weight is 215 g/mol. The number of aromatic nitrogens is 2. The van der Waals surface area contributed by atoms with Crippen molar-refractivity contribution >= 4 is 5.82 Å². The zero-order valence-corrected chi connectivity index (χ0v) is 8.80. The molecule has 0 spiro atoms. The van der Waals surface area contributed by atoms with Gasteiger partial charge in [-0.05, 0) is 23.3 Å². The smallest absolute Gasteiger partial charge is 0.148 e. The van der Waals surface area contributed by atoms with Gasteiger partial charge in [0.05, 0.1) is 6.61 Å². The number of rotatable bonds is 4. The van der Waals surface area contributed by atoms with Crippen LogP contribution in [0.1, 0.15) is 11.1 Å². The highest BCUT2D eigenvalue weighted by Crippen LogP contribution is 2.07. The van der Waals surface area contributed by atoms with Gasteiger partial charge in [-0.25, -0.2) is 0 Å². The second kappa shape index (κ2) is 5.23. The lowest BCUT2D eigenvalue weighted by molar-refractivity contribution is 0.282. The van der Waals surface area contributed by atoms with E-state index in [9.17, 15) is 0 Å². The minimum Gasteiger partial charge on any atom is -0.392 e. The standard InChI is InChI=1S/C12H13N3O/c16-9-11-5-3-10(4-6-11)8-13-12-2-1-7-14-15-12/h1-7,16H,8-9H2,(H,13,15). The molecular weight excluding hydrogens is 202 g/mol. The molecule has 4 heteroatoms. The Morgan fingerprint density at radius 3 is 2.44 bits per heavy atom. The summed E-state index contributed by atoms with van der Waals surface area (Å²) in [5.41, 5.74) is 2.06. The largest absolute Gasteiger partial charge is 0.392 e. The van der Waals surface area contributed by atoms with Gasteiger partial charge in [-0.3, -0.25) is 0 Å². The lowest BCUT2D eigenvalue weighted by Crippen LogP contribution is -2.01. The molecule has 82 valence electrons. The molecule has 0 amide bonds. The Morgan fingerprint density at radius 2 is 1.81 bits per heavy atom. The van der Waals surface area contributed by atoms with E-state index >= 15 is 0 Å². The molecule has 0 aliphatic heterocycles. The van der Waals surface area contributed by atoms with Crippen LogP contribution in [-0.4, -0.2) is 15.3 Å². The fraction of sp³-hybridized carbons (Fsp3) is 0.167. The van der Waals surface area contributed by atoms with E-state index in [1.54, 1.807) is 6.20 Å². The molecule has 0 radical (unpaired) electrons. The fourth-order valence-electron chi connectivity index (χ4n) is 1.35. The molecular formula is C12H13N3O. The molecule has 0 fully saturated rings. The molecule has 0 aliphatic rings.